The summed E-state index contributed by atoms with van der Waals surface area (Å²) in [5, 5.41) is 0. The smallest absolute Gasteiger partial charge is 0.0360 e. The summed E-state index contributed by atoms with van der Waals surface area (Å²) in [6.07, 6.45) is 7.19. The van der Waals surface area contributed by atoms with E-state index >= 15 is 0 Å². The molecular formula is C7H11N. The molecule has 0 aromatic rings. The number of hydrogen-bond donors (Lipinski definition) is 0. The van der Waals surface area contributed by atoms with Crippen LogP contribution < -0.4 is 0 Å². The summed E-state index contributed by atoms with van der Waals surface area (Å²) in [7, 11) is 0. The van der Waals surface area contributed by atoms with Crippen LogP contribution in [0.2, 0.25) is 0 Å². The summed E-state index contributed by atoms with van der Waals surface area (Å²) in [5.74, 6) is 0. The van der Waals surface area contributed by atoms with Gasteiger partial charge in [-0.1, -0.05) is 18.7 Å². The molecule has 1 nitrogen and oxygen atoms in total. The third-order valence-corrected chi connectivity index (χ3v) is 0.621. The summed E-state index contributed by atoms with van der Waals surface area (Å²) in [6.45, 7) is 6.36. The zero-order valence-corrected chi connectivity index (χ0v) is 5.17. The molecule has 0 amide bonds. The predicted molar refractivity (Wildman–Crippen MR) is 38.4 cm³/mol. The Labute approximate surface area is 50.4 Å². The lowest BCUT2D eigenvalue weighted by Crippen LogP contribution is -1.66. The lowest BCUT2D eigenvalue weighted by atomic mass is 10.5. The highest BCUT2D eigenvalue weighted by Gasteiger charge is 1.59. The summed E-state index contributed by atoms with van der Waals surface area (Å²) in [4.78, 5) is 3.95. The fraction of sp³-hybridized carbons (Fsp3) is 0.286. The van der Waals surface area contributed by atoms with Crippen LogP contribution in [0.3, 0.4) is 0 Å². The molecule has 0 heterocycles. The van der Waals surface area contributed by atoms with Crippen LogP contribution in [0.4, 0.5) is 0 Å². The molecule has 0 atom stereocenters. The first-order chi connectivity index (χ1) is 3.91. The second kappa shape index (κ2) is 6.15. The number of allylic oxidation sites excluding steroid dienone is 3. The van der Waals surface area contributed by atoms with E-state index in [1.165, 1.54) is 0 Å². The van der Waals surface area contributed by atoms with Gasteiger partial charge in [-0.3, -0.25) is 4.99 Å². The van der Waals surface area contributed by atoms with Crippen molar-refractivity contribution in [2.45, 2.75) is 6.92 Å². The number of aliphatic imine (C=N–C) groups is 1. The molecular weight excluding hydrogens is 98.1 g/mol. The molecule has 0 aromatic carbocycles. The van der Waals surface area contributed by atoms with Gasteiger partial charge in [-0.2, -0.15) is 0 Å². The summed E-state index contributed by atoms with van der Waals surface area (Å²) in [6, 6.07) is 0. The normalized spacial score (nSPS) is 11.1. The number of rotatable bonds is 3. The molecule has 0 N–H and O–H groups in total. The molecule has 0 bridgehead atoms. The zero-order chi connectivity index (χ0) is 6.24. The predicted octanol–water partition coefficient (Wildman–Crippen LogP) is 1.82. The Balaban J connectivity index is 3.26. The van der Waals surface area contributed by atoms with E-state index in [9.17, 15) is 0 Å². The topological polar surface area (TPSA) is 12.4 Å². The second-order valence-electron chi connectivity index (χ2n) is 1.27. The van der Waals surface area contributed by atoms with E-state index < -0.39 is 0 Å². The summed E-state index contributed by atoms with van der Waals surface area (Å²) in [5.41, 5.74) is 0. The third kappa shape index (κ3) is 5.15. The van der Waals surface area contributed by atoms with E-state index in [0.717, 1.165) is 6.54 Å². The molecule has 0 aliphatic heterocycles. The second-order valence-corrected chi connectivity index (χ2v) is 1.27. The molecule has 0 aliphatic rings. The van der Waals surface area contributed by atoms with Crippen molar-refractivity contribution in [2.75, 3.05) is 6.54 Å². The van der Waals surface area contributed by atoms with Gasteiger partial charge in [0.1, 0.15) is 0 Å². The largest absolute Gasteiger partial charge is 0.293 e. The van der Waals surface area contributed by atoms with Gasteiger partial charge in [0.05, 0.1) is 0 Å². The Bertz CT molecular complexity index is 101. The van der Waals surface area contributed by atoms with Crippen molar-refractivity contribution < 1.29 is 0 Å². The van der Waals surface area contributed by atoms with Gasteiger partial charge in [0.2, 0.25) is 0 Å². The molecule has 0 aromatic heterocycles. The minimum Gasteiger partial charge on any atom is -0.293 e. The van der Waals surface area contributed by atoms with Crippen LogP contribution in [0.5, 0.6) is 0 Å². The summed E-state index contributed by atoms with van der Waals surface area (Å²) >= 11 is 0. The minimum atomic E-state index is 0.849. The Morgan fingerprint density at radius 1 is 1.50 bits per heavy atom. The first-order valence-corrected chi connectivity index (χ1v) is 2.69. The molecule has 8 heavy (non-hydrogen) atoms. The van der Waals surface area contributed by atoms with Crippen molar-refractivity contribution >= 4 is 6.21 Å². The number of hydrogen-bond acceptors (Lipinski definition) is 1. The fourth-order valence-corrected chi connectivity index (χ4v) is 0.295. The van der Waals surface area contributed by atoms with Crippen molar-refractivity contribution in [2.24, 2.45) is 4.99 Å². The average Bonchev–Trinajstić information content (AvgIpc) is 1.81. The Kier molecular flexibility index (Phi) is 5.50. The summed E-state index contributed by atoms with van der Waals surface area (Å²) < 4.78 is 0. The van der Waals surface area contributed by atoms with Crippen LogP contribution in [0.1, 0.15) is 6.92 Å². The molecule has 0 rings (SSSR count). The van der Waals surface area contributed by atoms with Crippen LogP contribution in [0, 0.1) is 0 Å². The minimum absolute atomic E-state index is 0.849. The van der Waals surface area contributed by atoms with Crippen LogP contribution in [-0.2, 0) is 0 Å². The highest BCUT2D eigenvalue weighted by atomic mass is 14.7. The molecule has 1 heteroatoms. The van der Waals surface area contributed by atoms with Gasteiger partial charge in [-0.05, 0) is 13.0 Å². The third-order valence-electron chi connectivity index (χ3n) is 0.621. The SMILES string of the molecule is C=C/C=C\C=NCC. The Morgan fingerprint density at radius 3 is 2.75 bits per heavy atom. The van der Waals surface area contributed by atoms with Gasteiger partial charge < -0.3 is 0 Å². The van der Waals surface area contributed by atoms with Crippen LogP contribution in [0.25, 0.3) is 0 Å². The van der Waals surface area contributed by atoms with Crippen LogP contribution >= 0.6 is 0 Å². The molecule has 0 aliphatic carbocycles. The molecule has 0 saturated carbocycles. The molecule has 0 spiro atoms. The highest BCUT2D eigenvalue weighted by Crippen LogP contribution is 1.69. The van der Waals surface area contributed by atoms with Crippen molar-refractivity contribution in [3.63, 3.8) is 0 Å². The number of nitrogens with zero attached hydrogens (tertiary/aromatic N) is 1. The Morgan fingerprint density at radius 2 is 2.25 bits per heavy atom. The van der Waals surface area contributed by atoms with Crippen LogP contribution in [-0.4, -0.2) is 12.8 Å². The zero-order valence-electron chi connectivity index (χ0n) is 5.17. The average molecular weight is 109 g/mol. The lowest BCUT2D eigenvalue weighted by molar-refractivity contribution is 1.14. The molecule has 0 radical (unpaired) electrons. The van der Waals surface area contributed by atoms with Gasteiger partial charge in [-0.25, -0.2) is 0 Å². The fourth-order valence-electron chi connectivity index (χ4n) is 0.295. The van der Waals surface area contributed by atoms with Crippen molar-refractivity contribution in [1.82, 2.24) is 0 Å². The van der Waals surface area contributed by atoms with E-state index in [2.05, 4.69) is 11.6 Å². The van der Waals surface area contributed by atoms with Crippen molar-refractivity contribution in [3.05, 3.63) is 24.8 Å². The van der Waals surface area contributed by atoms with E-state index in [1.807, 2.05) is 19.1 Å². The molecule has 0 unspecified atom stereocenters. The maximum atomic E-state index is 3.95. The highest BCUT2D eigenvalue weighted by molar-refractivity contribution is 5.71. The maximum Gasteiger partial charge on any atom is 0.0360 e. The van der Waals surface area contributed by atoms with Crippen molar-refractivity contribution in [1.29, 1.82) is 0 Å². The van der Waals surface area contributed by atoms with Gasteiger partial charge in [0, 0.05) is 12.8 Å². The van der Waals surface area contributed by atoms with E-state index in [4.69, 9.17) is 0 Å². The maximum absolute atomic E-state index is 3.95. The van der Waals surface area contributed by atoms with E-state index in [0.29, 0.717) is 0 Å². The molecule has 0 fully saturated rings. The standard InChI is InChI=1S/C7H11N/c1-3-5-6-7-8-4-2/h3,5-7H,1,4H2,2H3/b6-5-,8-7?. The molecule has 44 valence electrons. The van der Waals surface area contributed by atoms with Crippen LogP contribution in [0.15, 0.2) is 29.8 Å². The van der Waals surface area contributed by atoms with E-state index in [-0.39, 0.29) is 0 Å². The van der Waals surface area contributed by atoms with E-state index in [1.54, 1.807) is 12.3 Å². The van der Waals surface area contributed by atoms with Gasteiger partial charge in [-0.15, -0.1) is 0 Å². The van der Waals surface area contributed by atoms with Gasteiger partial charge in [0.25, 0.3) is 0 Å². The quantitative estimate of drug-likeness (QED) is 0.387. The first-order valence-electron chi connectivity index (χ1n) is 2.69. The van der Waals surface area contributed by atoms with Gasteiger partial charge >= 0.3 is 0 Å². The molecule has 0 saturated heterocycles. The lowest BCUT2D eigenvalue weighted by Gasteiger charge is -1.72. The Hall–Kier alpha value is -0.850. The van der Waals surface area contributed by atoms with Gasteiger partial charge in [0.15, 0.2) is 0 Å². The first kappa shape index (κ1) is 7.15. The van der Waals surface area contributed by atoms with Crippen molar-refractivity contribution in [3.8, 4) is 0 Å². The monoisotopic (exact) mass is 109 g/mol.